The molecule has 13 heavy (non-hydrogen) atoms. The Morgan fingerprint density at radius 2 is 1.38 bits per heavy atom. The van der Waals surface area contributed by atoms with Crippen molar-refractivity contribution < 1.29 is 16.7 Å². The van der Waals surface area contributed by atoms with Crippen LogP contribution in [0.1, 0.15) is 11.1 Å². The molecule has 0 spiro atoms. The third-order valence-electron chi connectivity index (χ3n) is 1.58. The van der Waals surface area contributed by atoms with E-state index in [9.17, 15) is 16.7 Å². The van der Waals surface area contributed by atoms with Crippen LogP contribution in [0, 0.1) is 0 Å². The average Bonchev–Trinajstić information content (AvgIpc) is 2.03. The Kier molecular flexibility index (Phi) is 3.08. The summed E-state index contributed by atoms with van der Waals surface area (Å²) >= 11 is 0. The highest BCUT2D eigenvalue weighted by molar-refractivity contribution is 6.57. The highest BCUT2D eigenvalue weighted by Crippen LogP contribution is 2.16. The Balaban J connectivity index is 2.70. The van der Waals surface area contributed by atoms with Crippen molar-refractivity contribution in [1.29, 1.82) is 0 Å². The van der Waals surface area contributed by atoms with Crippen LogP contribution in [0.15, 0.2) is 24.3 Å². The number of rotatable bonds is 3. The van der Waals surface area contributed by atoms with Gasteiger partial charge in [-0.2, -0.15) is 0 Å². The normalized spacial score (nSPS) is 11.7. The second-order valence-corrected chi connectivity index (χ2v) is 4.33. The van der Waals surface area contributed by atoms with Gasteiger partial charge in [0.15, 0.2) is 0 Å². The molecule has 0 atom stereocenters. The molecule has 0 fully saturated rings. The smallest absolute Gasteiger partial charge is 0.246 e. The number of alkyl halides is 1. The van der Waals surface area contributed by atoms with Gasteiger partial charge >= 0.3 is 9.08 Å². The Hall–Kier alpha value is -0.843. The molecular formula is C8H8F4Si. The average molecular weight is 208 g/mol. The van der Waals surface area contributed by atoms with Gasteiger partial charge in [0.05, 0.1) is 6.04 Å². The van der Waals surface area contributed by atoms with Crippen molar-refractivity contribution in [3.05, 3.63) is 35.4 Å². The van der Waals surface area contributed by atoms with Gasteiger partial charge in [-0.15, -0.1) is 0 Å². The molecule has 1 aromatic carbocycles. The van der Waals surface area contributed by atoms with Crippen molar-refractivity contribution in [2.24, 2.45) is 0 Å². The lowest BCUT2D eigenvalue weighted by molar-refractivity contribution is 0.468. The van der Waals surface area contributed by atoms with Gasteiger partial charge in [0.1, 0.15) is 6.67 Å². The molecular weight excluding hydrogens is 200 g/mol. The van der Waals surface area contributed by atoms with Crippen LogP contribution in [-0.2, 0) is 12.7 Å². The first kappa shape index (κ1) is 10.2. The van der Waals surface area contributed by atoms with E-state index in [1.807, 2.05) is 0 Å². The van der Waals surface area contributed by atoms with Crippen molar-refractivity contribution in [3.63, 3.8) is 0 Å². The van der Waals surface area contributed by atoms with Gasteiger partial charge < -0.3 is 0 Å². The molecule has 0 N–H and O–H groups in total. The number of hydrogen-bond acceptors (Lipinski definition) is 0. The van der Waals surface area contributed by atoms with Gasteiger partial charge in [-0.25, -0.2) is 16.7 Å². The Morgan fingerprint density at radius 3 is 1.77 bits per heavy atom. The minimum atomic E-state index is -5.52. The summed E-state index contributed by atoms with van der Waals surface area (Å²) in [5.74, 6) is 0. The number of hydrogen-bond donors (Lipinski definition) is 0. The molecule has 5 heteroatoms. The van der Waals surface area contributed by atoms with E-state index in [1.54, 1.807) is 0 Å². The highest BCUT2D eigenvalue weighted by atomic mass is 28.5. The van der Waals surface area contributed by atoms with Gasteiger partial charge in [-0.1, -0.05) is 24.3 Å². The molecule has 0 heterocycles. The molecule has 1 rings (SSSR count). The minimum Gasteiger partial charge on any atom is -0.246 e. The summed E-state index contributed by atoms with van der Waals surface area (Å²) in [6.07, 6.45) is 0. The summed E-state index contributed by atoms with van der Waals surface area (Å²) in [6.45, 7) is -0.635. The lowest BCUT2D eigenvalue weighted by Crippen LogP contribution is -2.19. The van der Waals surface area contributed by atoms with E-state index < -0.39 is 21.8 Å². The summed E-state index contributed by atoms with van der Waals surface area (Å²) in [4.78, 5) is 0. The van der Waals surface area contributed by atoms with Gasteiger partial charge in [0.2, 0.25) is 0 Å². The van der Waals surface area contributed by atoms with Crippen LogP contribution in [0.2, 0.25) is 0 Å². The van der Waals surface area contributed by atoms with Gasteiger partial charge in [0, 0.05) is 0 Å². The van der Waals surface area contributed by atoms with E-state index >= 15 is 0 Å². The van der Waals surface area contributed by atoms with E-state index in [2.05, 4.69) is 0 Å². The largest absolute Gasteiger partial charge is 0.620 e. The predicted molar refractivity (Wildman–Crippen MR) is 44.0 cm³/mol. The molecule has 0 aromatic heterocycles. The van der Waals surface area contributed by atoms with E-state index in [0.29, 0.717) is 5.56 Å². The lowest BCUT2D eigenvalue weighted by atomic mass is 10.2. The molecule has 0 radical (unpaired) electrons. The summed E-state index contributed by atoms with van der Waals surface area (Å²) in [6, 6.07) is 4.61. The van der Waals surface area contributed by atoms with E-state index in [4.69, 9.17) is 0 Å². The summed E-state index contributed by atoms with van der Waals surface area (Å²) in [5, 5.41) is 0. The lowest BCUT2D eigenvalue weighted by Gasteiger charge is -2.02. The quantitative estimate of drug-likeness (QED) is 0.407. The summed E-state index contributed by atoms with van der Waals surface area (Å²) in [5.41, 5.74) is 0.629. The number of halogens is 4. The van der Waals surface area contributed by atoms with Gasteiger partial charge in [0.25, 0.3) is 0 Å². The second kappa shape index (κ2) is 3.91. The van der Waals surface area contributed by atoms with Crippen molar-refractivity contribution in [1.82, 2.24) is 0 Å². The van der Waals surface area contributed by atoms with Crippen LogP contribution in [-0.4, -0.2) is 9.08 Å². The fraction of sp³-hybridized carbons (Fsp3) is 0.250. The fourth-order valence-corrected chi connectivity index (χ4v) is 1.68. The Bertz CT molecular complexity index is 264. The third kappa shape index (κ3) is 3.58. The Labute approximate surface area is 74.7 Å². The van der Waals surface area contributed by atoms with Crippen LogP contribution in [0.5, 0.6) is 0 Å². The van der Waals surface area contributed by atoms with Crippen molar-refractivity contribution >= 4 is 9.08 Å². The van der Waals surface area contributed by atoms with Crippen LogP contribution in [0.4, 0.5) is 16.7 Å². The maximum atomic E-state index is 12.0. The fourth-order valence-electron chi connectivity index (χ4n) is 0.978. The van der Waals surface area contributed by atoms with Crippen molar-refractivity contribution in [3.8, 4) is 0 Å². The molecule has 0 bridgehead atoms. The molecule has 72 valence electrons. The summed E-state index contributed by atoms with van der Waals surface area (Å²) < 4.78 is 47.9. The van der Waals surface area contributed by atoms with Crippen LogP contribution in [0.25, 0.3) is 0 Å². The van der Waals surface area contributed by atoms with Crippen molar-refractivity contribution in [2.45, 2.75) is 12.7 Å². The van der Waals surface area contributed by atoms with E-state index in [0.717, 1.165) is 0 Å². The van der Waals surface area contributed by atoms with Crippen LogP contribution in [0.3, 0.4) is 0 Å². The molecule has 0 saturated carbocycles. The molecule has 1 aromatic rings. The minimum absolute atomic E-state index is 0.219. The predicted octanol–water partition coefficient (Wildman–Crippen LogP) is 3.09. The molecule has 0 aliphatic heterocycles. The van der Waals surface area contributed by atoms with Crippen molar-refractivity contribution in [2.75, 3.05) is 0 Å². The third-order valence-corrected chi connectivity index (χ3v) is 2.39. The summed E-state index contributed by atoms with van der Waals surface area (Å²) in [7, 11) is -5.52. The molecule has 0 aliphatic carbocycles. The van der Waals surface area contributed by atoms with E-state index in [1.165, 1.54) is 24.3 Å². The van der Waals surface area contributed by atoms with Crippen LogP contribution >= 0.6 is 0 Å². The van der Waals surface area contributed by atoms with Gasteiger partial charge in [-0.05, 0) is 11.1 Å². The number of benzene rings is 1. The Morgan fingerprint density at radius 1 is 0.923 bits per heavy atom. The first-order valence-electron chi connectivity index (χ1n) is 3.72. The topological polar surface area (TPSA) is 0 Å². The zero-order valence-electron chi connectivity index (χ0n) is 6.74. The van der Waals surface area contributed by atoms with E-state index in [-0.39, 0.29) is 5.56 Å². The monoisotopic (exact) mass is 208 g/mol. The molecule has 0 nitrogen and oxygen atoms in total. The molecule has 0 aliphatic rings. The zero-order chi connectivity index (χ0) is 9.90. The first-order chi connectivity index (χ1) is 6.01. The first-order valence-corrected chi connectivity index (χ1v) is 5.56. The maximum Gasteiger partial charge on any atom is 0.620 e. The highest BCUT2D eigenvalue weighted by Gasteiger charge is 2.36. The molecule has 0 saturated heterocycles. The zero-order valence-corrected chi connectivity index (χ0v) is 7.74. The SMILES string of the molecule is FCc1ccc(C[Si](F)(F)F)cc1. The standard InChI is InChI=1S/C8H8F4Si/c9-5-7-1-3-8(4-2-7)6-13(10,11)12/h1-4H,5-6H2. The van der Waals surface area contributed by atoms with Gasteiger partial charge in [-0.3, -0.25) is 0 Å². The van der Waals surface area contributed by atoms with Crippen LogP contribution < -0.4 is 0 Å². The maximum absolute atomic E-state index is 12.0. The molecule has 0 unspecified atom stereocenters. The molecule has 0 amide bonds. The second-order valence-electron chi connectivity index (χ2n) is 2.74.